The number of aliphatic hydroxyl groups excluding tert-OH is 1. The molecular formula is C16H23N3O5S. The fraction of sp³-hybridized carbons (Fsp3) is 0.438. The Morgan fingerprint density at radius 1 is 1.28 bits per heavy atom. The number of aromatic hydroxyl groups is 1. The number of phenolic OH excluding ortho intramolecular Hbond substituents is 1. The van der Waals surface area contributed by atoms with Gasteiger partial charge >= 0.3 is 10.2 Å². The minimum Gasteiger partial charge on any atom is -0.506 e. The number of nitrogens with zero attached hydrogens (tertiary/aromatic N) is 1. The highest BCUT2D eigenvalue weighted by molar-refractivity contribution is 7.91. The largest absolute Gasteiger partial charge is 0.506 e. The number of hydrogen-bond donors (Lipinski definition) is 4. The molecule has 1 aliphatic rings. The van der Waals surface area contributed by atoms with E-state index in [0.29, 0.717) is 19.4 Å². The fourth-order valence-electron chi connectivity index (χ4n) is 2.26. The molecule has 0 fully saturated rings. The molecule has 0 aliphatic carbocycles. The van der Waals surface area contributed by atoms with E-state index < -0.39 is 21.5 Å². The van der Waals surface area contributed by atoms with Gasteiger partial charge in [-0.15, -0.1) is 0 Å². The van der Waals surface area contributed by atoms with Gasteiger partial charge in [0, 0.05) is 12.0 Å². The van der Waals surface area contributed by atoms with Crippen LogP contribution in [0.15, 0.2) is 30.3 Å². The van der Waals surface area contributed by atoms with E-state index in [1.54, 1.807) is 6.07 Å². The summed E-state index contributed by atoms with van der Waals surface area (Å²) in [4.78, 5) is 11.8. The van der Waals surface area contributed by atoms with Crippen LogP contribution in [-0.4, -0.2) is 31.1 Å². The number of hydrogen-bond acceptors (Lipinski definition) is 5. The zero-order valence-electron chi connectivity index (χ0n) is 14.4. The number of benzene rings is 1. The van der Waals surface area contributed by atoms with E-state index in [0.717, 1.165) is 16.1 Å². The number of carbonyl (C=O) groups excluding carboxylic acids is 1. The molecule has 1 heterocycles. The van der Waals surface area contributed by atoms with Gasteiger partial charge in [0.2, 0.25) is 11.8 Å². The Labute approximate surface area is 147 Å². The lowest BCUT2D eigenvalue weighted by Crippen LogP contribution is -2.35. The molecule has 138 valence electrons. The third kappa shape index (κ3) is 4.56. The van der Waals surface area contributed by atoms with Crippen molar-refractivity contribution in [3.63, 3.8) is 0 Å². The summed E-state index contributed by atoms with van der Waals surface area (Å²) < 4.78 is 26.3. The first-order chi connectivity index (χ1) is 11.5. The van der Waals surface area contributed by atoms with Crippen LogP contribution >= 0.6 is 0 Å². The summed E-state index contributed by atoms with van der Waals surface area (Å²) in [6.45, 7) is 6.03. The van der Waals surface area contributed by atoms with Crippen LogP contribution in [0.25, 0.3) is 0 Å². The van der Waals surface area contributed by atoms with Crippen LogP contribution in [0.5, 0.6) is 5.75 Å². The highest BCUT2D eigenvalue weighted by atomic mass is 32.2. The lowest BCUT2D eigenvalue weighted by molar-refractivity contribution is -0.128. The van der Waals surface area contributed by atoms with Crippen LogP contribution in [0.1, 0.15) is 32.8 Å². The number of aliphatic hydroxyl groups is 1. The number of anilines is 1. The molecule has 0 atom stereocenters. The number of amides is 1. The summed E-state index contributed by atoms with van der Waals surface area (Å²) in [6.07, 6.45) is 2.28. The standard InChI is InChI=1S/C16H23N3O5S/c1-16(2,3)15(22)17-8-4-5-11-6-7-12(13(20)9-11)19-10-14(21)18-25(19,23)24/h6-7,9-10,18,20-21H,4-5,8H2,1-3H3,(H,17,22). The van der Waals surface area contributed by atoms with Crippen molar-refractivity contribution in [3.05, 3.63) is 35.8 Å². The van der Waals surface area contributed by atoms with E-state index in [1.165, 1.54) is 12.1 Å². The first-order valence-corrected chi connectivity index (χ1v) is 9.28. The Hall–Kier alpha value is -2.42. The van der Waals surface area contributed by atoms with Gasteiger partial charge in [0.25, 0.3) is 0 Å². The van der Waals surface area contributed by atoms with Crippen molar-refractivity contribution in [2.24, 2.45) is 5.41 Å². The quantitative estimate of drug-likeness (QED) is 0.587. The van der Waals surface area contributed by atoms with Gasteiger partial charge in [-0.25, -0.2) is 9.03 Å². The average Bonchev–Trinajstić information content (AvgIpc) is 2.75. The van der Waals surface area contributed by atoms with Crippen molar-refractivity contribution in [3.8, 4) is 5.75 Å². The topological polar surface area (TPSA) is 119 Å². The maximum atomic E-state index is 11.8. The molecule has 1 aliphatic heterocycles. The molecule has 25 heavy (non-hydrogen) atoms. The highest BCUT2D eigenvalue weighted by Gasteiger charge is 2.30. The highest BCUT2D eigenvalue weighted by Crippen LogP contribution is 2.32. The predicted molar refractivity (Wildman–Crippen MR) is 94.1 cm³/mol. The SMILES string of the molecule is CC(C)(C)C(=O)NCCCc1ccc(N2C=C(O)NS2(=O)=O)c(O)c1. The van der Waals surface area contributed by atoms with E-state index in [1.807, 2.05) is 25.5 Å². The molecule has 1 aromatic rings. The zero-order chi connectivity index (χ0) is 18.8. The van der Waals surface area contributed by atoms with Crippen LogP contribution in [0.3, 0.4) is 0 Å². The third-order valence-electron chi connectivity index (χ3n) is 3.62. The maximum Gasteiger partial charge on any atom is 0.330 e. The molecule has 0 unspecified atom stereocenters. The molecule has 0 radical (unpaired) electrons. The van der Waals surface area contributed by atoms with E-state index in [-0.39, 0.29) is 17.3 Å². The Kier molecular flexibility index (Phi) is 5.17. The van der Waals surface area contributed by atoms with Crippen molar-refractivity contribution in [1.29, 1.82) is 0 Å². The molecule has 1 amide bonds. The summed E-state index contributed by atoms with van der Waals surface area (Å²) in [5.74, 6) is -0.755. The number of carbonyl (C=O) groups is 1. The van der Waals surface area contributed by atoms with Gasteiger partial charge in [-0.05, 0) is 30.5 Å². The average molecular weight is 369 g/mol. The number of aryl methyl sites for hydroxylation is 1. The van der Waals surface area contributed by atoms with Crippen LogP contribution in [0.4, 0.5) is 5.69 Å². The normalized spacial score (nSPS) is 16.3. The third-order valence-corrected chi connectivity index (χ3v) is 4.91. The van der Waals surface area contributed by atoms with Gasteiger partial charge < -0.3 is 15.5 Å². The van der Waals surface area contributed by atoms with E-state index >= 15 is 0 Å². The van der Waals surface area contributed by atoms with Gasteiger partial charge in [0.1, 0.15) is 11.4 Å². The van der Waals surface area contributed by atoms with Crippen molar-refractivity contribution < 1.29 is 23.4 Å². The number of rotatable bonds is 5. The molecular weight excluding hydrogens is 346 g/mol. The first kappa shape index (κ1) is 18.9. The van der Waals surface area contributed by atoms with E-state index in [9.17, 15) is 23.4 Å². The van der Waals surface area contributed by atoms with Crippen LogP contribution in [0.2, 0.25) is 0 Å². The van der Waals surface area contributed by atoms with Crippen molar-refractivity contribution in [1.82, 2.24) is 10.0 Å². The minimum absolute atomic E-state index is 0.0240. The molecule has 4 N–H and O–H groups in total. The van der Waals surface area contributed by atoms with Gasteiger partial charge in [0.15, 0.2) is 0 Å². The number of phenols is 1. The Bertz CT molecular complexity index is 796. The summed E-state index contributed by atoms with van der Waals surface area (Å²) in [5, 5.41) is 22.3. The van der Waals surface area contributed by atoms with Gasteiger partial charge in [-0.1, -0.05) is 26.8 Å². The van der Waals surface area contributed by atoms with Gasteiger partial charge in [0.05, 0.1) is 6.20 Å². The Morgan fingerprint density at radius 3 is 2.48 bits per heavy atom. The smallest absolute Gasteiger partial charge is 0.330 e. The fourth-order valence-corrected chi connectivity index (χ4v) is 3.32. The molecule has 8 nitrogen and oxygen atoms in total. The maximum absolute atomic E-state index is 11.8. The molecule has 0 bridgehead atoms. The second kappa shape index (κ2) is 6.83. The number of nitrogens with one attached hydrogen (secondary N) is 2. The summed E-state index contributed by atoms with van der Waals surface area (Å²) in [5.41, 5.74) is 0.416. The van der Waals surface area contributed by atoms with Crippen LogP contribution < -0.4 is 14.3 Å². The van der Waals surface area contributed by atoms with E-state index in [2.05, 4.69) is 5.32 Å². The summed E-state index contributed by atoms with van der Waals surface area (Å²) in [6, 6.07) is 4.63. The molecule has 2 rings (SSSR count). The van der Waals surface area contributed by atoms with Crippen LogP contribution in [0, 0.1) is 5.41 Å². The lowest BCUT2D eigenvalue weighted by Gasteiger charge is -2.18. The summed E-state index contributed by atoms with van der Waals surface area (Å²) in [7, 11) is -3.94. The second-order valence-electron chi connectivity index (χ2n) is 6.85. The molecule has 0 saturated carbocycles. The molecule has 0 aromatic heterocycles. The zero-order valence-corrected chi connectivity index (χ0v) is 15.2. The van der Waals surface area contributed by atoms with Crippen molar-refractivity contribution in [2.75, 3.05) is 10.8 Å². The van der Waals surface area contributed by atoms with E-state index in [4.69, 9.17) is 0 Å². The lowest BCUT2D eigenvalue weighted by atomic mass is 9.95. The molecule has 1 aromatic carbocycles. The van der Waals surface area contributed by atoms with Crippen molar-refractivity contribution >= 4 is 21.8 Å². The predicted octanol–water partition coefficient (Wildman–Crippen LogP) is 1.50. The molecule has 9 heteroatoms. The Balaban J connectivity index is 1.98. The summed E-state index contributed by atoms with van der Waals surface area (Å²) >= 11 is 0. The molecule has 0 spiro atoms. The minimum atomic E-state index is -3.94. The second-order valence-corrected chi connectivity index (χ2v) is 8.40. The monoisotopic (exact) mass is 369 g/mol. The molecule has 0 saturated heterocycles. The van der Waals surface area contributed by atoms with Gasteiger partial charge in [-0.3, -0.25) is 4.79 Å². The van der Waals surface area contributed by atoms with Crippen molar-refractivity contribution in [2.45, 2.75) is 33.6 Å². The first-order valence-electron chi connectivity index (χ1n) is 7.84. The Morgan fingerprint density at radius 2 is 1.96 bits per heavy atom. The van der Waals surface area contributed by atoms with Gasteiger partial charge in [-0.2, -0.15) is 8.42 Å². The van der Waals surface area contributed by atoms with Crippen LogP contribution in [-0.2, 0) is 21.4 Å².